The third-order valence-corrected chi connectivity index (χ3v) is 7.32. The van der Waals surface area contributed by atoms with Crippen LogP contribution in [0.1, 0.15) is 63.2 Å². The van der Waals surface area contributed by atoms with Gasteiger partial charge in [-0.2, -0.15) is 5.26 Å². The molecule has 0 radical (unpaired) electrons. The Morgan fingerprint density at radius 2 is 1.85 bits per heavy atom. The van der Waals surface area contributed by atoms with Crippen LogP contribution in [0.2, 0.25) is 5.02 Å². The largest absolute Gasteiger partial charge is 0.460 e. The first-order chi connectivity index (χ1) is 19.9. The van der Waals surface area contributed by atoms with Gasteiger partial charge in [-0.3, -0.25) is 4.79 Å². The predicted molar refractivity (Wildman–Crippen MR) is 159 cm³/mol. The van der Waals surface area contributed by atoms with Gasteiger partial charge < -0.3 is 20.0 Å². The number of H-pyrrole nitrogens is 1. The van der Waals surface area contributed by atoms with Gasteiger partial charge in [-0.25, -0.2) is 4.98 Å². The number of hydrogen-bond acceptors (Lipinski definition) is 5. The average Bonchev–Trinajstić information content (AvgIpc) is 3.70. The summed E-state index contributed by atoms with van der Waals surface area (Å²) in [5.41, 5.74) is 5.06. The quantitative estimate of drug-likeness (QED) is 0.168. The number of furan rings is 1. The smallest absolute Gasteiger partial charge is 0.253 e. The van der Waals surface area contributed by atoms with Crippen LogP contribution in [0.3, 0.4) is 0 Å². The van der Waals surface area contributed by atoms with Gasteiger partial charge in [0, 0.05) is 24.0 Å². The first kappa shape index (κ1) is 27.9. The molecule has 3 aromatic carbocycles. The second-order valence-corrected chi connectivity index (χ2v) is 10.4. The van der Waals surface area contributed by atoms with E-state index in [1.807, 2.05) is 30.3 Å². The summed E-state index contributed by atoms with van der Waals surface area (Å²) in [5.74, 6) is 1.74. The van der Waals surface area contributed by atoms with Crippen LogP contribution >= 0.6 is 11.6 Å². The lowest BCUT2D eigenvalue weighted by atomic mass is 10.0. The number of nitrogens with zero attached hydrogens (tertiary/aromatic N) is 2. The average molecular weight is 564 g/mol. The van der Waals surface area contributed by atoms with Crippen LogP contribution in [0.15, 0.2) is 95.7 Å². The van der Waals surface area contributed by atoms with Gasteiger partial charge >= 0.3 is 0 Å². The van der Waals surface area contributed by atoms with E-state index in [4.69, 9.17) is 21.3 Å². The topological polar surface area (TPSA) is 107 Å². The van der Waals surface area contributed by atoms with E-state index in [0.29, 0.717) is 40.7 Å². The van der Waals surface area contributed by atoms with Gasteiger partial charge in [0.05, 0.1) is 34.8 Å². The standard InChI is InChI=1S/C33H30ClN5O2/c1-21-3-9-25(10-4-21)22(2)38-20-27-12-14-31(41-27)26-11-13-29(34)28(18-26)33(40)39-30(32-36-15-16-37-32)17-23-5-7-24(19-35)8-6-23/h3-16,18,22,30,38H,17,20H2,1-2H3,(H,36,37)(H,39,40)/t22-,30+/m1/s1. The molecule has 206 valence electrons. The Labute approximate surface area is 244 Å². The van der Waals surface area contributed by atoms with Crippen LogP contribution in [0, 0.1) is 18.3 Å². The molecular formula is C33H30ClN5O2. The van der Waals surface area contributed by atoms with Crippen molar-refractivity contribution in [3.63, 3.8) is 0 Å². The van der Waals surface area contributed by atoms with Gasteiger partial charge in [-0.1, -0.05) is 53.6 Å². The van der Waals surface area contributed by atoms with Gasteiger partial charge in [-0.15, -0.1) is 0 Å². The SMILES string of the molecule is Cc1ccc([C@@H](C)NCc2ccc(-c3ccc(Cl)c(C(=O)N[C@@H](Cc4ccc(C#N)cc4)c4ncc[nH]4)c3)o2)cc1. The number of nitriles is 1. The lowest BCUT2D eigenvalue weighted by Gasteiger charge is -2.18. The number of benzene rings is 3. The van der Waals surface area contributed by atoms with Crippen LogP contribution in [-0.2, 0) is 13.0 Å². The summed E-state index contributed by atoms with van der Waals surface area (Å²) in [6.07, 6.45) is 3.84. The minimum atomic E-state index is -0.429. The second kappa shape index (κ2) is 12.7. The van der Waals surface area contributed by atoms with Crippen molar-refractivity contribution in [2.24, 2.45) is 0 Å². The van der Waals surface area contributed by atoms with Crippen molar-refractivity contribution in [3.05, 3.63) is 136 Å². The van der Waals surface area contributed by atoms with Gasteiger partial charge in [0.2, 0.25) is 0 Å². The van der Waals surface area contributed by atoms with Crippen LogP contribution in [0.4, 0.5) is 0 Å². The lowest BCUT2D eigenvalue weighted by Crippen LogP contribution is -2.31. The van der Waals surface area contributed by atoms with Crippen molar-refractivity contribution in [1.82, 2.24) is 20.6 Å². The molecule has 2 heterocycles. The van der Waals surface area contributed by atoms with Crippen LogP contribution in [-0.4, -0.2) is 15.9 Å². The number of amides is 1. The van der Waals surface area contributed by atoms with E-state index in [-0.39, 0.29) is 11.9 Å². The molecular weight excluding hydrogens is 534 g/mol. The maximum atomic E-state index is 13.5. The van der Waals surface area contributed by atoms with Crippen molar-refractivity contribution in [2.75, 3.05) is 0 Å². The van der Waals surface area contributed by atoms with E-state index in [9.17, 15) is 4.79 Å². The predicted octanol–water partition coefficient (Wildman–Crippen LogP) is 7.07. The molecule has 41 heavy (non-hydrogen) atoms. The summed E-state index contributed by atoms with van der Waals surface area (Å²) >= 11 is 6.48. The van der Waals surface area contributed by atoms with E-state index in [1.165, 1.54) is 11.1 Å². The van der Waals surface area contributed by atoms with Crippen LogP contribution in [0.5, 0.6) is 0 Å². The Morgan fingerprint density at radius 1 is 1.07 bits per heavy atom. The van der Waals surface area contributed by atoms with E-state index in [2.05, 4.69) is 64.8 Å². The molecule has 2 aromatic heterocycles. The number of halogens is 1. The molecule has 5 aromatic rings. The van der Waals surface area contributed by atoms with E-state index in [0.717, 1.165) is 16.9 Å². The Bertz CT molecular complexity index is 1650. The Morgan fingerprint density at radius 3 is 2.56 bits per heavy atom. The van der Waals surface area contributed by atoms with E-state index >= 15 is 0 Å². The molecule has 0 aliphatic heterocycles. The van der Waals surface area contributed by atoms with Crippen LogP contribution < -0.4 is 10.6 Å². The Balaban J connectivity index is 1.29. The molecule has 0 unspecified atom stereocenters. The highest BCUT2D eigenvalue weighted by molar-refractivity contribution is 6.34. The molecule has 0 spiro atoms. The number of aromatic nitrogens is 2. The maximum Gasteiger partial charge on any atom is 0.253 e. The first-order valence-corrected chi connectivity index (χ1v) is 13.7. The zero-order valence-corrected chi connectivity index (χ0v) is 23.6. The minimum Gasteiger partial charge on any atom is -0.460 e. The molecule has 2 atom stereocenters. The van der Waals surface area contributed by atoms with Gasteiger partial charge in [0.1, 0.15) is 17.3 Å². The zero-order valence-electron chi connectivity index (χ0n) is 22.8. The number of carbonyl (C=O) groups is 1. The monoisotopic (exact) mass is 563 g/mol. The third-order valence-electron chi connectivity index (χ3n) is 6.99. The number of rotatable bonds is 10. The number of carbonyl (C=O) groups excluding carboxylic acids is 1. The molecule has 0 aliphatic carbocycles. The highest BCUT2D eigenvalue weighted by atomic mass is 35.5. The highest BCUT2D eigenvalue weighted by Crippen LogP contribution is 2.28. The first-order valence-electron chi connectivity index (χ1n) is 13.4. The Hall–Kier alpha value is -4.64. The highest BCUT2D eigenvalue weighted by Gasteiger charge is 2.21. The van der Waals surface area contributed by atoms with Crippen molar-refractivity contribution < 1.29 is 9.21 Å². The summed E-state index contributed by atoms with van der Waals surface area (Å²) in [5, 5.41) is 16.0. The van der Waals surface area contributed by atoms with Gasteiger partial charge in [-0.05, 0) is 73.9 Å². The summed E-state index contributed by atoms with van der Waals surface area (Å²) in [4.78, 5) is 20.9. The van der Waals surface area contributed by atoms with Gasteiger partial charge in [0.25, 0.3) is 5.91 Å². The van der Waals surface area contributed by atoms with E-state index in [1.54, 1.807) is 36.7 Å². The molecule has 0 saturated heterocycles. The van der Waals surface area contributed by atoms with Crippen LogP contribution in [0.25, 0.3) is 11.3 Å². The molecule has 0 fully saturated rings. The summed E-state index contributed by atoms with van der Waals surface area (Å²) in [6, 6.07) is 26.7. The van der Waals surface area contributed by atoms with Crippen molar-refractivity contribution in [3.8, 4) is 17.4 Å². The summed E-state index contributed by atoms with van der Waals surface area (Å²) in [6.45, 7) is 4.76. The third kappa shape index (κ3) is 6.93. The van der Waals surface area contributed by atoms with Crippen molar-refractivity contribution >= 4 is 17.5 Å². The summed E-state index contributed by atoms with van der Waals surface area (Å²) in [7, 11) is 0. The molecule has 1 amide bonds. The molecule has 7 nitrogen and oxygen atoms in total. The number of nitrogens with one attached hydrogen (secondary N) is 3. The number of aromatic amines is 1. The lowest BCUT2D eigenvalue weighted by molar-refractivity contribution is 0.0935. The maximum absolute atomic E-state index is 13.5. The molecule has 0 saturated carbocycles. The molecule has 5 rings (SSSR count). The minimum absolute atomic E-state index is 0.168. The number of imidazole rings is 1. The Kier molecular flexibility index (Phi) is 8.64. The zero-order chi connectivity index (χ0) is 28.8. The molecule has 8 heteroatoms. The van der Waals surface area contributed by atoms with Crippen molar-refractivity contribution in [1.29, 1.82) is 5.26 Å². The van der Waals surface area contributed by atoms with Gasteiger partial charge in [0.15, 0.2) is 0 Å². The fraction of sp³-hybridized carbons (Fsp3) is 0.182. The van der Waals surface area contributed by atoms with Crippen molar-refractivity contribution in [2.45, 2.75) is 38.9 Å². The number of aryl methyl sites for hydroxylation is 1. The number of hydrogen-bond donors (Lipinski definition) is 3. The molecule has 0 aliphatic rings. The summed E-state index contributed by atoms with van der Waals surface area (Å²) < 4.78 is 6.11. The fourth-order valence-electron chi connectivity index (χ4n) is 4.58. The second-order valence-electron chi connectivity index (χ2n) is 9.99. The normalized spacial score (nSPS) is 12.4. The fourth-order valence-corrected chi connectivity index (χ4v) is 4.78. The molecule has 3 N–H and O–H groups in total. The van der Waals surface area contributed by atoms with E-state index < -0.39 is 6.04 Å². The molecule has 0 bridgehead atoms.